The summed E-state index contributed by atoms with van der Waals surface area (Å²) in [6, 6.07) is 5.99. The molecule has 21 heavy (non-hydrogen) atoms. The number of fused-ring (bicyclic) bond motifs is 1. The first-order valence-corrected chi connectivity index (χ1v) is 6.94. The normalized spacial score (nSPS) is 18.8. The number of amides is 2. The molecule has 2 heterocycles. The molecule has 1 aromatic heterocycles. The van der Waals surface area contributed by atoms with Crippen LogP contribution >= 0.6 is 11.6 Å². The Morgan fingerprint density at radius 1 is 1.29 bits per heavy atom. The molecule has 6 nitrogen and oxygen atoms in total. The van der Waals surface area contributed by atoms with Gasteiger partial charge in [0.1, 0.15) is 11.9 Å². The van der Waals surface area contributed by atoms with Gasteiger partial charge < -0.3 is 0 Å². The van der Waals surface area contributed by atoms with Crippen LogP contribution in [0.2, 0.25) is 0 Å². The maximum absolute atomic E-state index is 12.6. The summed E-state index contributed by atoms with van der Waals surface area (Å²) in [6.07, 6.45) is -0.0425. The molecule has 0 aliphatic carbocycles. The van der Waals surface area contributed by atoms with Crippen molar-refractivity contribution in [3.05, 3.63) is 40.4 Å². The number of likely N-dealkylation sites (N-methyl/N-ethyl adjacent to an activating group) is 1. The third-order valence-corrected chi connectivity index (χ3v) is 3.91. The van der Waals surface area contributed by atoms with Crippen LogP contribution < -0.4 is 5.56 Å². The smallest absolute Gasteiger partial charge is 0.262 e. The molecule has 2 aromatic rings. The second kappa shape index (κ2) is 4.96. The van der Waals surface area contributed by atoms with Crippen molar-refractivity contribution in [2.24, 2.45) is 0 Å². The number of carbonyl (C=O) groups is 2. The molecule has 7 heteroatoms. The molecular formula is C14H12ClN3O3. The van der Waals surface area contributed by atoms with E-state index in [1.807, 2.05) is 0 Å². The molecule has 1 unspecified atom stereocenters. The van der Waals surface area contributed by atoms with Crippen LogP contribution in [0.5, 0.6) is 0 Å². The first-order chi connectivity index (χ1) is 10.0. The van der Waals surface area contributed by atoms with Crippen molar-refractivity contribution in [2.75, 3.05) is 7.05 Å². The van der Waals surface area contributed by atoms with Crippen LogP contribution in [0, 0.1) is 0 Å². The number of likely N-dealkylation sites (tertiary alicyclic amines) is 1. The minimum Gasteiger partial charge on any atom is -0.284 e. The van der Waals surface area contributed by atoms with Crippen LogP contribution in [0.1, 0.15) is 18.3 Å². The highest BCUT2D eigenvalue weighted by atomic mass is 35.5. The van der Waals surface area contributed by atoms with Crippen LogP contribution in [-0.4, -0.2) is 33.3 Å². The lowest BCUT2D eigenvalue weighted by Gasteiger charge is -2.16. The van der Waals surface area contributed by atoms with E-state index in [0.717, 1.165) is 4.90 Å². The largest absolute Gasteiger partial charge is 0.284 e. The van der Waals surface area contributed by atoms with Gasteiger partial charge >= 0.3 is 0 Å². The third-order valence-electron chi connectivity index (χ3n) is 3.67. The number of hydrogen-bond acceptors (Lipinski definition) is 4. The molecule has 1 aliphatic heterocycles. The Bertz CT molecular complexity index is 815. The lowest BCUT2D eigenvalue weighted by Crippen LogP contribution is -2.34. The summed E-state index contributed by atoms with van der Waals surface area (Å²) in [7, 11) is 1.41. The summed E-state index contributed by atoms with van der Waals surface area (Å²) in [6.45, 7) is 0. The molecule has 0 bridgehead atoms. The predicted molar refractivity (Wildman–Crippen MR) is 77.0 cm³/mol. The minimum atomic E-state index is -0.860. The highest BCUT2D eigenvalue weighted by Crippen LogP contribution is 2.24. The predicted octanol–water partition coefficient (Wildman–Crippen LogP) is 1.07. The van der Waals surface area contributed by atoms with Gasteiger partial charge in [-0.1, -0.05) is 12.1 Å². The summed E-state index contributed by atoms with van der Waals surface area (Å²) in [5, 5.41) is 0.404. The van der Waals surface area contributed by atoms with E-state index in [9.17, 15) is 14.4 Å². The summed E-state index contributed by atoms with van der Waals surface area (Å²) in [4.78, 5) is 41.8. The van der Waals surface area contributed by atoms with Gasteiger partial charge in [-0.3, -0.25) is 23.9 Å². The van der Waals surface area contributed by atoms with Crippen LogP contribution in [0.25, 0.3) is 10.9 Å². The van der Waals surface area contributed by atoms with Crippen LogP contribution in [-0.2, 0) is 15.5 Å². The Kier molecular flexibility index (Phi) is 3.25. The second-order valence-electron chi connectivity index (χ2n) is 4.86. The summed E-state index contributed by atoms with van der Waals surface area (Å²) in [5.41, 5.74) is 0.178. The monoisotopic (exact) mass is 305 g/mol. The lowest BCUT2D eigenvalue weighted by atomic mass is 10.2. The minimum absolute atomic E-state index is 0.0121. The van der Waals surface area contributed by atoms with Gasteiger partial charge in [0.05, 0.1) is 23.2 Å². The van der Waals surface area contributed by atoms with E-state index in [4.69, 9.17) is 11.6 Å². The topological polar surface area (TPSA) is 72.3 Å². The summed E-state index contributed by atoms with van der Waals surface area (Å²) in [5.74, 6) is -0.445. The number of para-hydroxylation sites is 1. The van der Waals surface area contributed by atoms with E-state index in [1.54, 1.807) is 24.3 Å². The fourth-order valence-corrected chi connectivity index (χ4v) is 2.73. The Labute approximate surface area is 124 Å². The van der Waals surface area contributed by atoms with Gasteiger partial charge in [-0.2, -0.15) is 0 Å². The standard InChI is InChI=1S/C14H12ClN3O3/c1-17-12(19)6-10(14(17)21)18-11(7-15)16-9-5-3-2-4-8(9)13(18)20/h2-5,10H,6-7H2,1H3. The van der Waals surface area contributed by atoms with Crippen molar-refractivity contribution in [1.29, 1.82) is 0 Å². The van der Waals surface area contributed by atoms with E-state index in [0.29, 0.717) is 16.7 Å². The molecule has 108 valence electrons. The highest BCUT2D eigenvalue weighted by molar-refractivity contribution is 6.16. The van der Waals surface area contributed by atoms with Gasteiger partial charge in [0, 0.05) is 7.05 Å². The maximum atomic E-state index is 12.6. The van der Waals surface area contributed by atoms with E-state index < -0.39 is 11.9 Å². The highest BCUT2D eigenvalue weighted by Gasteiger charge is 2.39. The molecule has 0 radical (unpaired) electrons. The number of nitrogens with zero attached hydrogens (tertiary/aromatic N) is 3. The average molecular weight is 306 g/mol. The van der Waals surface area contributed by atoms with Crippen molar-refractivity contribution >= 4 is 34.3 Å². The molecule has 0 spiro atoms. The van der Waals surface area contributed by atoms with Crippen LogP contribution in [0.15, 0.2) is 29.1 Å². The zero-order chi connectivity index (χ0) is 15.1. The number of rotatable bonds is 2. The van der Waals surface area contributed by atoms with Crippen molar-refractivity contribution in [3.8, 4) is 0 Å². The fourth-order valence-electron chi connectivity index (χ4n) is 2.55. The zero-order valence-corrected chi connectivity index (χ0v) is 12.0. The van der Waals surface area contributed by atoms with E-state index in [-0.39, 0.29) is 23.8 Å². The number of carbonyl (C=O) groups excluding carboxylic acids is 2. The van der Waals surface area contributed by atoms with Crippen LogP contribution in [0.3, 0.4) is 0 Å². The number of aromatic nitrogens is 2. The van der Waals surface area contributed by atoms with Crippen molar-refractivity contribution in [2.45, 2.75) is 18.3 Å². The molecular weight excluding hydrogens is 294 g/mol. The lowest BCUT2D eigenvalue weighted by molar-refractivity contribution is -0.137. The van der Waals surface area contributed by atoms with Gasteiger partial charge in [0.25, 0.3) is 11.5 Å². The fraction of sp³-hybridized carbons (Fsp3) is 0.286. The van der Waals surface area contributed by atoms with Gasteiger partial charge in [0.15, 0.2) is 0 Å². The molecule has 1 fully saturated rings. The van der Waals surface area contributed by atoms with Crippen molar-refractivity contribution in [3.63, 3.8) is 0 Å². The average Bonchev–Trinajstić information content (AvgIpc) is 2.74. The quantitative estimate of drug-likeness (QED) is 0.614. The molecule has 1 atom stereocenters. The second-order valence-corrected chi connectivity index (χ2v) is 5.13. The van der Waals surface area contributed by atoms with Gasteiger partial charge in [-0.25, -0.2) is 4.98 Å². The van der Waals surface area contributed by atoms with Crippen LogP contribution in [0.4, 0.5) is 0 Å². The van der Waals surface area contributed by atoms with Gasteiger partial charge in [0.2, 0.25) is 5.91 Å². The Hall–Kier alpha value is -2.21. The first-order valence-electron chi connectivity index (χ1n) is 6.41. The third kappa shape index (κ3) is 2.03. The SMILES string of the molecule is CN1C(=O)CC(n2c(CCl)nc3ccccc3c2=O)C1=O. The Morgan fingerprint density at radius 3 is 2.62 bits per heavy atom. The van der Waals surface area contributed by atoms with E-state index >= 15 is 0 Å². The zero-order valence-electron chi connectivity index (χ0n) is 11.2. The molecule has 1 aromatic carbocycles. The van der Waals surface area contributed by atoms with Gasteiger partial charge in [-0.05, 0) is 12.1 Å². The molecule has 0 saturated carbocycles. The Morgan fingerprint density at radius 2 is 2.00 bits per heavy atom. The first kappa shape index (κ1) is 13.8. The molecule has 3 rings (SSSR count). The molecule has 1 aliphatic rings. The molecule has 2 amide bonds. The summed E-state index contributed by atoms with van der Waals surface area (Å²) >= 11 is 5.87. The maximum Gasteiger partial charge on any atom is 0.262 e. The number of halogens is 1. The van der Waals surface area contributed by atoms with Crippen molar-refractivity contribution < 1.29 is 9.59 Å². The molecule has 1 saturated heterocycles. The number of alkyl halides is 1. The van der Waals surface area contributed by atoms with E-state index in [1.165, 1.54) is 11.6 Å². The van der Waals surface area contributed by atoms with Gasteiger partial charge in [-0.15, -0.1) is 11.6 Å². The summed E-state index contributed by atoms with van der Waals surface area (Å²) < 4.78 is 1.25. The number of benzene rings is 1. The number of imide groups is 1. The molecule has 0 N–H and O–H groups in total. The number of hydrogen-bond donors (Lipinski definition) is 0. The Balaban J connectivity index is 2.27. The van der Waals surface area contributed by atoms with E-state index in [2.05, 4.69) is 4.98 Å². The van der Waals surface area contributed by atoms with Crippen molar-refractivity contribution in [1.82, 2.24) is 14.5 Å².